The van der Waals surface area contributed by atoms with Crippen LogP contribution in [0.4, 0.5) is 0 Å². The van der Waals surface area contributed by atoms with Crippen molar-refractivity contribution in [3.8, 4) is 11.5 Å². The van der Waals surface area contributed by atoms with E-state index in [0.717, 1.165) is 18.6 Å². The first-order valence-electron chi connectivity index (χ1n) is 5.67. The molecular weight excluding hydrogens is 450 g/mol. The molecule has 2 rings (SSSR count). The first kappa shape index (κ1) is 14.1. The van der Waals surface area contributed by atoms with Crippen molar-refractivity contribution in [2.45, 2.75) is 20.8 Å². The van der Waals surface area contributed by atoms with Crippen LogP contribution < -0.4 is 4.74 Å². The molecule has 0 aromatic heterocycles. The van der Waals surface area contributed by atoms with Gasteiger partial charge in [-0.2, -0.15) is 0 Å². The number of hydrogen-bond donors (Lipinski definition) is 0. The lowest BCUT2D eigenvalue weighted by molar-refractivity contribution is 0.475. The molecule has 0 aliphatic carbocycles. The number of aryl methyl sites for hydroxylation is 3. The van der Waals surface area contributed by atoms with Crippen LogP contribution in [0.25, 0.3) is 0 Å². The van der Waals surface area contributed by atoms with Gasteiger partial charge in [0.2, 0.25) is 0 Å². The SMILES string of the molecule is Cc1cc(C)cc(Oc2c(I)cc(C)cc2I)c1. The van der Waals surface area contributed by atoms with Gasteiger partial charge in [-0.1, -0.05) is 6.07 Å². The molecule has 0 amide bonds. The fourth-order valence-corrected chi connectivity index (χ4v) is 4.19. The molecule has 18 heavy (non-hydrogen) atoms. The number of halogens is 2. The van der Waals surface area contributed by atoms with E-state index >= 15 is 0 Å². The van der Waals surface area contributed by atoms with Gasteiger partial charge in [0, 0.05) is 0 Å². The van der Waals surface area contributed by atoms with Crippen LogP contribution in [-0.4, -0.2) is 0 Å². The van der Waals surface area contributed by atoms with Crippen LogP contribution in [-0.2, 0) is 0 Å². The highest BCUT2D eigenvalue weighted by molar-refractivity contribution is 14.1. The Morgan fingerprint density at radius 2 is 1.17 bits per heavy atom. The molecule has 2 aromatic rings. The Bertz CT molecular complexity index is 548. The summed E-state index contributed by atoms with van der Waals surface area (Å²) in [6.45, 7) is 6.28. The summed E-state index contributed by atoms with van der Waals surface area (Å²) in [6, 6.07) is 10.6. The van der Waals surface area contributed by atoms with Crippen LogP contribution in [0.5, 0.6) is 11.5 Å². The van der Waals surface area contributed by atoms with E-state index in [4.69, 9.17) is 4.74 Å². The Kier molecular flexibility index (Phi) is 4.53. The van der Waals surface area contributed by atoms with E-state index in [1.54, 1.807) is 0 Å². The van der Waals surface area contributed by atoms with E-state index in [9.17, 15) is 0 Å². The molecule has 0 atom stereocenters. The molecule has 0 bridgehead atoms. The Labute approximate surface area is 135 Å². The largest absolute Gasteiger partial charge is 0.455 e. The standard InChI is InChI=1S/C15H14I2O/c1-9-4-10(2)6-12(5-9)18-15-13(16)7-11(3)8-14(15)17/h4-8H,1-3H3. The van der Waals surface area contributed by atoms with E-state index in [-0.39, 0.29) is 0 Å². The van der Waals surface area contributed by atoms with Crippen LogP contribution in [0.1, 0.15) is 16.7 Å². The summed E-state index contributed by atoms with van der Waals surface area (Å²) in [6.07, 6.45) is 0. The van der Waals surface area contributed by atoms with Crippen molar-refractivity contribution >= 4 is 45.2 Å². The first-order chi connectivity index (χ1) is 8.45. The smallest absolute Gasteiger partial charge is 0.154 e. The Morgan fingerprint density at radius 3 is 1.67 bits per heavy atom. The highest BCUT2D eigenvalue weighted by Gasteiger charge is 2.09. The molecule has 3 heteroatoms. The lowest BCUT2D eigenvalue weighted by Crippen LogP contribution is -1.93. The van der Waals surface area contributed by atoms with Crippen molar-refractivity contribution in [1.82, 2.24) is 0 Å². The van der Waals surface area contributed by atoms with Gasteiger partial charge in [0.25, 0.3) is 0 Å². The second-order valence-corrected chi connectivity index (χ2v) is 6.81. The molecule has 0 saturated heterocycles. The van der Waals surface area contributed by atoms with E-state index in [2.05, 4.69) is 96.3 Å². The third kappa shape index (κ3) is 3.38. The number of benzene rings is 2. The maximum atomic E-state index is 6.04. The molecule has 94 valence electrons. The molecule has 2 aromatic carbocycles. The maximum Gasteiger partial charge on any atom is 0.154 e. The van der Waals surface area contributed by atoms with Crippen molar-refractivity contribution in [2.75, 3.05) is 0 Å². The minimum absolute atomic E-state index is 0.909. The Morgan fingerprint density at radius 1 is 0.722 bits per heavy atom. The van der Waals surface area contributed by atoms with Gasteiger partial charge in [-0.05, 0) is 107 Å². The zero-order chi connectivity index (χ0) is 13.3. The summed E-state index contributed by atoms with van der Waals surface area (Å²) < 4.78 is 8.34. The van der Waals surface area contributed by atoms with Crippen LogP contribution in [0, 0.1) is 27.9 Å². The lowest BCUT2D eigenvalue weighted by Gasteiger charge is -2.12. The van der Waals surface area contributed by atoms with Gasteiger partial charge in [-0.15, -0.1) is 0 Å². The molecule has 1 nitrogen and oxygen atoms in total. The quantitative estimate of drug-likeness (QED) is 0.525. The number of ether oxygens (including phenoxy) is 1. The van der Waals surface area contributed by atoms with Gasteiger partial charge in [-0.3, -0.25) is 0 Å². The minimum atomic E-state index is 0.909. The molecule has 0 unspecified atom stereocenters. The maximum absolute atomic E-state index is 6.04. The van der Waals surface area contributed by atoms with Crippen LogP contribution >= 0.6 is 45.2 Å². The molecule has 0 fully saturated rings. The average molecular weight is 464 g/mol. The van der Waals surface area contributed by atoms with Crippen molar-refractivity contribution in [1.29, 1.82) is 0 Å². The topological polar surface area (TPSA) is 9.23 Å². The van der Waals surface area contributed by atoms with Gasteiger partial charge in [-0.25, -0.2) is 0 Å². The number of hydrogen-bond acceptors (Lipinski definition) is 1. The fourth-order valence-electron chi connectivity index (χ4n) is 1.89. The van der Waals surface area contributed by atoms with Gasteiger partial charge >= 0.3 is 0 Å². The van der Waals surface area contributed by atoms with Crippen LogP contribution in [0.15, 0.2) is 30.3 Å². The highest BCUT2D eigenvalue weighted by atomic mass is 127. The highest BCUT2D eigenvalue weighted by Crippen LogP contribution is 2.33. The van der Waals surface area contributed by atoms with Gasteiger partial charge in [0.05, 0.1) is 7.14 Å². The molecule has 0 spiro atoms. The second-order valence-electron chi connectivity index (χ2n) is 4.48. The van der Waals surface area contributed by atoms with Gasteiger partial charge in [0.15, 0.2) is 5.75 Å². The summed E-state index contributed by atoms with van der Waals surface area (Å²) in [7, 11) is 0. The Hall–Kier alpha value is -0.300. The normalized spacial score (nSPS) is 10.5. The Balaban J connectivity index is 2.40. The summed E-state index contributed by atoms with van der Waals surface area (Å²) in [5.41, 5.74) is 3.71. The van der Waals surface area contributed by atoms with E-state index in [1.807, 2.05) is 0 Å². The van der Waals surface area contributed by atoms with E-state index in [1.165, 1.54) is 16.7 Å². The zero-order valence-corrected chi connectivity index (χ0v) is 14.9. The van der Waals surface area contributed by atoms with Crippen LogP contribution in [0.3, 0.4) is 0 Å². The monoisotopic (exact) mass is 464 g/mol. The summed E-state index contributed by atoms with van der Waals surface area (Å²) in [4.78, 5) is 0. The van der Waals surface area contributed by atoms with Crippen molar-refractivity contribution in [2.24, 2.45) is 0 Å². The van der Waals surface area contributed by atoms with E-state index < -0.39 is 0 Å². The van der Waals surface area contributed by atoms with Gasteiger partial charge in [0.1, 0.15) is 5.75 Å². The summed E-state index contributed by atoms with van der Waals surface area (Å²) >= 11 is 4.65. The van der Waals surface area contributed by atoms with Gasteiger partial charge < -0.3 is 4.74 Å². The summed E-state index contributed by atoms with van der Waals surface area (Å²) in [5.74, 6) is 1.86. The molecule has 0 aliphatic rings. The predicted octanol–water partition coefficient (Wildman–Crippen LogP) is 5.61. The predicted molar refractivity (Wildman–Crippen MR) is 92.6 cm³/mol. The average Bonchev–Trinajstić information content (AvgIpc) is 2.22. The first-order valence-corrected chi connectivity index (χ1v) is 7.83. The number of rotatable bonds is 2. The van der Waals surface area contributed by atoms with Crippen LogP contribution in [0.2, 0.25) is 0 Å². The lowest BCUT2D eigenvalue weighted by atomic mass is 10.1. The molecule has 0 N–H and O–H groups in total. The van der Waals surface area contributed by atoms with Crippen molar-refractivity contribution in [3.63, 3.8) is 0 Å². The molecule has 0 saturated carbocycles. The van der Waals surface area contributed by atoms with Crippen molar-refractivity contribution in [3.05, 3.63) is 54.2 Å². The molecule has 0 radical (unpaired) electrons. The minimum Gasteiger partial charge on any atom is -0.455 e. The third-order valence-electron chi connectivity index (χ3n) is 2.56. The van der Waals surface area contributed by atoms with E-state index in [0.29, 0.717) is 0 Å². The second kappa shape index (κ2) is 5.77. The molecule has 0 heterocycles. The molecule has 0 aliphatic heterocycles. The fraction of sp³-hybridized carbons (Fsp3) is 0.200. The van der Waals surface area contributed by atoms with Crippen molar-refractivity contribution < 1.29 is 4.74 Å². The third-order valence-corrected chi connectivity index (χ3v) is 4.16. The molecular formula is C15H14I2O. The zero-order valence-electron chi connectivity index (χ0n) is 10.6. The summed E-state index contributed by atoms with van der Waals surface area (Å²) in [5, 5.41) is 0.